The van der Waals surface area contributed by atoms with Crippen molar-refractivity contribution in [3.8, 4) is 0 Å². The largest absolute Gasteiger partial charge is 1.00 e. The molecule has 1 aromatic rings. The zero-order chi connectivity index (χ0) is 12.5. The van der Waals surface area contributed by atoms with E-state index >= 15 is 0 Å². The Bertz CT molecular complexity index is 527. The number of hydrogen-bond acceptors (Lipinski definition) is 4. The van der Waals surface area contributed by atoms with Crippen molar-refractivity contribution in [2.75, 3.05) is 0 Å². The van der Waals surface area contributed by atoms with E-state index in [0.717, 1.165) is 11.1 Å². The van der Waals surface area contributed by atoms with E-state index in [1.165, 1.54) is 12.1 Å². The molecule has 1 aromatic carbocycles. The van der Waals surface area contributed by atoms with Crippen molar-refractivity contribution in [2.45, 2.75) is 19.1 Å². The minimum Gasteiger partial charge on any atom is -0.747 e. The van der Waals surface area contributed by atoms with Gasteiger partial charge in [0.1, 0.15) is 10.1 Å². The molecule has 0 bridgehead atoms. The molecule has 1 rings (SSSR count). The van der Waals surface area contributed by atoms with E-state index in [2.05, 4.69) is 0 Å². The molecule has 1 amide bonds. The van der Waals surface area contributed by atoms with Gasteiger partial charge in [0.05, 0.1) is 0 Å². The van der Waals surface area contributed by atoms with Crippen LogP contribution in [0.2, 0.25) is 0 Å². The Balaban J connectivity index is 0.00000256. The van der Waals surface area contributed by atoms with Crippen LogP contribution in [0.5, 0.6) is 0 Å². The van der Waals surface area contributed by atoms with Gasteiger partial charge in [0.25, 0.3) is 5.91 Å². The summed E-state index contributed by atoms with van der Waals surface area (Å²) in [5, 5.41) is -1.92. The predicted octanol–water partition coefficient (Wildman–Crippen LogP) is -2.30. The molecule has 0 aromatic heterocycles. The van der Waals surface area contributed by atoms with E-state index in [0.29, 0.717) is 0 Å². The van der Waals surface area contributed by atoms with Crippen LogP contribution in [0.15, 0.2) is 18.2 Å². The second-order valence-corrected chi connectivity index (χ2v) is 5.04. The van der Waals surface area contributed by atoms with Gasteiger partial charge in [0.2, 0.25) is 0 Å². The summed E-state index contributed by atoms with van der Waals surface area (Å²) in [4.78, 5) is 10.9. The molecule has 1 unspecified atom stereocenters. The SMILES string of the molecule is Cc1ccc(C(C([NH])=O)S(=O)(=O)[O-])cc1C.[Na+]. The van der Waals surface area contributed by atoms with Gasteiger partial charge in [-0.25, -0.2) is 8.42 Å². The first kappa shape index (κ1) is 16.6. The minimum absolute atomic E-state index is 0. The van der Waals surface area contributed by atoms with E-state index in [1.54, 1.807) is 13.0 Å². The van der Waals surface area contributed by atoms with Crippen molar-refractivity contribution in [1.29, 1.82) is 0 Å². The van der Waals surface area contributed by atoms with Gasteiger partial charge in [-0.05, 0) is 30.5 Å². The molecule has 0 heterocycles. The fourth-order valence-corrected chi connectivity index (χ4v) is 2.12. The van der Waals surface area contributed by atoms with E-state index in [-0.39, 0.29) is 35.1 Å². The molecule has 5 nitrogen and oxygen atoms in total. The quantitative estimate of drug-likeness (QED) is 0.453. The molecule has 0 aliphatic rings. The molecular weight excluding hydrogens is 253 g/mol. The molecular formula is C10H11NNaO4S. The number of rotatable bonds is 3. The van der Waals surface area contributed by atoms with Gasteiger partial charge in [-0.15, -0.1) is 0 Å². The molecule has 1 atom stereocenters. The molecule has 7 heteroatoms. The van der Waals surface area contributed by atoms with Crippen molar-refractivity contribution in [2.24, 2.45) is 0 Å². The third kappa shape index (κ3) is 4.08. The summed E-state index contributed by atoms with van der Waals surface area (Å²) in [7, 11) is -4.83. The van der Waals surface area contributed by atoms with Crippen LogP contribution in [0.25, 0.3) is 0 Å². The Hall–Kier alpha value is -0.400. The summed E-state index contributed by atoms with van der Waals surface area (Å²) < 4.78 is 32.6. The number of amides is 1. The molecule has 0 aliphatic carbocycles. The summed E-state index contributed by atoms with van der Waals surface area (Å²) in [5.41, 5.74) is 8.58. The molecule has 0 saturated carbocycles. The number of nitrogens with one attached hydrogen (secondary N) is 1. The van der Waals surface area contributed by atoms with Crippen LogP contribution in [0, 0.1) is 13.8 Å². The van der Waals surface area contributed by atoms with Crippen LogP contribution >= 0.6 is 0 Å². The van der Waals surface area contributed by atoms with E-state index in [1.807, 2.05) is 6.92 Å². The maximum atomic E-state index is 10.9. The average molecular weight is 264 g/mol. The summed E-state index contributed by atoms with van der Waals surface area (Å²) in [6, 6.07) is 4.45. The Morgan fingerprint density at radius 2 is 1.82 bits per heavy atom. The average Bonchev–Trinajstić information content (AvgIpc) is 2.08. The van der Waals surface area contributed by atoms with Gasteiger partial charge >= 0.3 is 29.6 Å². The summed E-state index contributed by atoms with van der Waals surface area (Å²) in [6.07, 6.45) is 0. The Labute approximate surface area is 122 Å². The summed E-state index contributed by atoms with van der Waals surface area (Å²) >= 11 is 0. The number of benzene rings is 1. The van der Waals surface area contributed by atoms with Crippen molar-refractivity contribution >= 4 is 16.0 Å². The van der Waals surface area contributed by atoms with Crippen LogP contribution < -0.4 is 35.3 Å². The third-order valence-corrected chi connectivity index (χ3v) is 3.42. The first-order valence-electron chi connectivity index (χ1n) is 4.51. The predicted molar refractivity (Wildman–Crippen MR) is 56.5 cm³/mol. The van der Waals surface area contributed by atoms with Crippen molar-refractivity contribution in [1.82, 2.24) is 5.73 Å². The van der Waals surface area contributed by atoms with E-state index in [9.17, 15) is 17.8 Å². The molecule has 0 spiro atoms. The number of carbonyl (C=O) groups excluding carboxylic acids is 1. The van der Waals surface area contributed by atoms with Gasteiger partial charge in [0, 0.05) is 0 Å². The van der Waals surface area contributed by atoms with Crippen LogP contribution in [0.3, 0.4) is 0 Å². The third-order valence-electron chi connectivity index (χ3n) is 2.36. The normalized spacial score (nSPS) is 12.6. The number of carbonyl (C=O) groups is 1. The zero-order valence-corrected chi connectivity index (χ0v) is 12.7. The molecule has 1 N–H and O–H groups in total. The molecule has 0 aliphatic heterocycles. The van der Waals surface area contributed by atoms with Crippen molar-refractivity contribution < 1.29 is 47.3 Å². The molecule has 1 radical (unpaired) electrons. The maximum absolute atomic E-state index is 10.9. The van der Waals surface area contributed by atoms with Crippen molar-refractivity contribution in [3.63, 3.8) is 0 Å². The van der Waals surface area contributed by atoms with Crippen LogP contribution in [-0.4, -0.2) is 18.9 Å². The minimum atomic E-state index is -4.83. The van der Waals surface area contributed by atoms with Gasteiger partial charge in [0.15, 0.2) is 5.25 Å². The number of hydrogen-bond donors (Lipinski definition) is 0. The second kappa shape index (κ2) is 5.97. The first-order valence-corrected chi connectivity index (χ1v) is 5.98. The monoisotopic (exact) mass is 264 g/mol. The second-order valence-electron chi connectivity index (χ2n) is 3.58. The van der Waals surface area contributed by atoms with Gasteiger partial charge < -0.3 is 4.55 Å². The molecule has 17 heavy (non-hydrogen) atoms. The van der Waals surface area contributed by atoms with E-state index in [4.69, 9.17) is 5.73 Å². The van der Waals surface area contributed by atoms with Crippen LogP contribution in [0.4, 0.5) is 0 Å². The Morgan fingerprint density at radius 3 is 2.18 bits per heavy atom. The van der Waals surface area contributed by atoms with E-state index < -0.39 is 21.3 Å². The topological polar surface area (TPSA) is 98.1 Å². The van der Waals surface area contributed by atoms with Gasteiger partial charge in [-0.3, -0.25) is 10.5 Å². The fraction of sp³-hybridized carbons (Fsp3) is 0.300. The van der Waals surface area contributed by atoms with Crippen LogP contribution in [0.1, 0.15) is 21.9 Å². The molecule has 87 valence electrons. The summed E-state index contributed by atoms with van der Waals surface area (Å²) in [6.45, 7) is 3.56. The molecule has 0 saturated heterocycles. The van der Waals surface area contributed by atoms with Gasteiger partial charge in [-0.1, -0.05) is 18.2 Å². The Kier molecular flexibility index (Phi) is 5.83. The standard InChI is InChI=1S/C10H12NO4S.Na/c1-6-3-4-8(5-7(6)2)9(10(11)12)16(13,14)15;/h3-5,9,11H,1-2H3,(H,13,14,15);/q;+1/p-1. The zero-order valence-electron chi connectivity index (χ0n) is 9.85. The smallest absolute Gasteiger partial charge is 0.747 e. The Morgan fingerprint density at radius 1 is 1.29 bits per heavy atom. The van der Waals surface area contributed by atoms with Crippen LogP contribution in [-0.2, 0) is 14.9 Å². The summed E-state index contributed by atoms with van der Waals surface area (Å²) in [5.74, 6) is -1.40. The maximum Gasteiger partial charge on any atom is 1.00 e. The van der Waals surface area contributed by atoms with Crippen molar-refractivity contribution in [3.05, 3.63) is 34.9 Å². The number of aryl methyl sites for hydroxylation is 2. The first-order chi connectivity index (χ1) is 7.23. The molecule has 0 fully saturated rings. The fourth-order valence-electron chi connectivity index (χ4n) is 1.38. The van der Waals surface area contributed by atoms with Gasteiger partial charge in [-0.2, -0.15) is 0 Å².